The van der Waals surface area contributed by atoms with E-state index in [1.165, 1.54) is 12.1 Å². The molecule has 0 spiro atoms. The van der Waals surface area contributed by atoms with Crippen LogP contribution in [0.15, 0.2) is 35.4 Å². The van der Waals surface area contributed by atoms with Crippen molar-refractivity contribution in [2.24, 2.45) is 23.3 Å². The number of amides is 2. The van der Waals surface area contributed by atoms with Gasteiger partial charge in [-0.1, -0.05) is 0 Å². The number of benzene rings is 1. The predicted molar refractivity (Wildman–Crippen MR) is 139 cm³/mol. The molecule has 1 aromatic carbocycles. The molecule has 0 aliphatic carbocycles. The van der Waals surface area contributed by atoms with Crippen LogP contribution in [0.1, 0.15) is 49.0 Å². The summed E-state index contributed by atoms with van der Waals surface area (Å²) < 4.78 is 23.5. The van der Waals surface area contributed by atoms with E-state index in [1.54, 1.807) is 18.3 Å². The zero-order valence-corrected chi connectivity index (χ0v) is 21.6. The highest BCUT2D eigenvalue weighted by Crippen LogP contribution is 2.46. The van der Waals surface area contributed by atoms with Crippen molar-refractivity contribution < 1.29 is 18.0 Å². The third kappa shape index (κ3) is 5.12. The van der Waals surface area contributed by atoms with Crippen molar-refractivity contribution in [1.29, 1.82) is 0 Å². The van der Waals surface area contributed by atoms with Crippen LogP contribution in [-0.4, -0.2) is 61.1 Å². The van der Waals surface area contributed by atoms with Crippen LogP contribution in [0.4, 0.5) is 17.3 Å². The van der Waals surface area contributed by atoms with E-state index in [0.717, 1.165) is 57.9 Å². The van der Waals surface area contributed by atoms with Crippen molar-refractivity contribution in [3.63, 3.8) is 0 Å². The number of hydrogen-bond donors (Lipinski definition) is 4. The average molecular weight is 528 g/mol. The Morgan fingerprint density at radius 1 is 1.19 bits per heavy atom. The number of nitrogens with two attached hydrogens (primary N) is 2. The van der Waals surface area contributed by atoms with Crippen LogP contribution >= 0.6 is 0 Å². The maximum absolute atomic E-state index is 12.1. The highest BCUT2D eigenvalue weighted by Gasteiger charge is 2.51. The average Bonchev–Trinajstić information content (AvgIpc) is 3.18. The number of aromatic nitrogens is 2. The Morgan fingerprint density at radius 2 is 1.95 bits per heavy atom. The van der Waals surface area contributed by atoms with Gasteiger partial charge in [-0.3, -0.25) is 9.59 Å². The third-order valence-electron chi connectivity index (χ3n) is 8.08. The normalized spacial score (nSPS) is 27.6. The number of primary amides is 2. The standard InChI is InChI=1S/C25H33N7O4S/c1-37(35,36)19-6-4-17(5-7-19)29-24-21(23(27)34)28-13-20(30-24)32-10-2-3-16(14-32)25-9-8-18(31-25)11-15(12-25)22(26)33/h4-7,13,15-16,18,31H,2-3,8-12,14H2,1H3,(H2,26,33)(H2,27,34)(H,29,30)/t15?,16-,18?,25?/m1/s1. The molecule has 3 unspecified atom stereocenters. The molecule has 5 rings (SSSR count). The fourth-order valence-electron chi connectivity index (χ4n) is 6.25. The molecular formula is C25H33N7O4S. The molecule has 3 saturated heterocycles. The van der Waals surface area contributed by atoms with Crippen LogP contribution in [0.3, 0.4) is 0 Å². The first-order valence-electron chi connectivity index (χ1n) is 12.6. The van der Waals surface area contributed by atoms with Crippen LogP contribution in [0.2, 0.25) is 0 Å². The molecule has 4 heterocycles. The minimum absolute atomic E-state index is 0.0000234. The number of hydrogen-bond acceptors (Lipinski definition) is 9. The number of nitrogens with zero attached hydrogens (tertiary/aromatic N) is 3. The van der Waals surface area contributed by atoms with E-state index >= 15 is 0 Å². The number of anilines is 3. The lowest BCUT2D eigenvalue weighted by atomic mass is 9.71. The number of carbonyl (C=O) groups excluding carboxylic acids is 2. The van der Waals surface area contributed by atoms with Gasteiger partial charge < -0.3 is 27.0 Å². The van der Waals surface area contributed by atoms with Gasteiger partial charge in [-0.25, -0.2) is 18.4 Å². The summed E-state index contributed by atoms with van der Waals surface area (Å²) in [7, 11) is -3.33. The van der Waals surface area contributed by atoms with Crippen LogP contribution in [0.5, 0.6) is 0 Å². The molecule has 0 radical (unpaired) electrons. The third-order valence-corrected chi connectivity index (χ3v) is 9.21. The maximum atomic E-state index is 12.1. The summed E-state index contributed by atoms with van der Waals surface area (Å²) in [6.07, 6.45) is 8.39. The second-order valence-electron chi connectivity index (χ2n) is 10.6. The second kappa shape index (κ2) is 9.56. The maximum Gasteiger partial charge on any atom is 0.271 e. The lowest BCUT2D eigenvalue weighted by molar-refractivity contribution is -0.123. The fourth-order valence-corrected chi connectivity index (χ4v) is 6.88. The first kappa shape index (κ1) is 25.4. The number of rotatable bonds is 7. The molecule has 6 N–H and O–H groups in total. The summed E-state index contributed by atoms with van der Waals surface area (Å²) in [5.74, 6) is 0.139. The molecule has 0 saturated carbocycles. The van der Waals surface area contributed by atoms with Gasteiger partial charge in [-0.05, 0) is 68.7 Å². The lowest BCUT2D eigenvalue weighted by Gasteiger charge is -2.47. The molecule has 2 amide bonds. The van der Waals surface area contributed by atoms with Gasteiger partial charge in [0.1, 0.15) is 5.82 Å². The van der Waals surface area contributed by atoms with E-state index in [0.29, 0.717) is 23.5 Å². The summed E-state index contributed by atoms with van der Waals surface area (Å²) in [5, 5.41) is 6.90. The fraction of sp³-hybridized carbons (Fsp3) is 0.520. The topological polar surface area (TPSA) is 173 Å². The summed E-state index contributed by atoms with van der Waals surface area (Å²) in [6.45, 7) is 1.54. The number of carbonyl (C=O) groups is 2. The van der Waals surface area contributed by atoms with E-state index in [1.807, 2.05) is 0 Å². The van der Waals surface area contributed by atoms with Gasteiger partial charge in [-0.2, -0.15) is 0 Å². The predicted octanol–water partition coefficient (Wildman–Crippen LogP) is 1.33. The summed E-state index contributed by atoms with van der Waals surface area (Å²) in [5.41, 5.74) is 11.7. The zero-order chi connectivity index (χ0) is 26.4. The Bertz CT molecular complexity index is 1320. The van der Waals surface area contributed by atoms with Crippen molar-refractivity contribution in [3.8, 4) is 0 Å². The van der Waals surface area contributed by atoms with Gasteiger partial charge in [-0.15, -0.1) is 0 Å². The van der Waals surface area contributed by atoms with Crippen LogP contribution < -0.4 is 27.0 Å². The number of sulfone groups is 1. The molecular weight excluding hydrogens is 494 g/mol. The van der Waals surface area contributed by atoms with E-state index in [2.05, 4.69) is 20.5 Å². The van der Waals surface area contributed by atoms with Crippen molar-refractivity contribution in [2.45, 2.75) is 55.0 Å². The van der Waals surface area contributed by atoms with Crippen molar-refractivity contribution in [1.82, 2.24) is 15.3 Å². The van der Waals surface area contributed by atoms with Gasteiger partial charge in [0.25, 0.3) is 5.91 Å². The molecule has 4 atom stereocenters. The van der Waals surface area contributed by atoms with E-state index < -0.39 is 15.7 Å². The number of nitrogens with one attached hydrogen (secondary N) is 2. The molecule has 198 valence electrons. The minimum atomic E-state index is -3.33. The van der Waals surface area contributed by atoms with E-state index in [4.69, 9.17) is 16.5 Å². The van der Waals surface area contributed by atoms with Crippen molar-refractivity contribution in [2.75, 3.05) is 29.6 Å². The van der Waals surface area contributed by atoms with Crippen LogP contribution in [0, 0.1) is 11.8 Å². The zero-order valence-electron chi connectivity index (χ0n) is 20.8. The SMILES string of the molecule is CS(=O)(=O)c1ccc(Nc2nc(N3CCC[C@@H](C45CCC(CC(C(N)=O)C4)N5)C3)cnc2C(N)=O)cc1. The smallest absolute Gasteiger partial charge is 0.271 e. The van der Waals surface area contributed by atoms with Crippen molar-refractivity contribution in [3.05, 3.63) is 36.2 Å². The number of fused-ring (bicyclic) bond motifs is 2. The summed E-state index contributed by atoms with van der Waals surface area (Å²) >= 11 is 0. The summed E-state index contributed by atoms with van der Waals surface area (Å²) in [6, 6.07) is 6.51. The molecule has 12 heteroatoms. The lowest BCUT2D eigenvalue weighted by Crippen LogP contribution is -2.59. The van der Waals surface area contributed by atoms with E-state index in [-0.39, 0.29) is 33.8 Å². The number of piperidine rings is 2. The minimum Gasteiger partial charge on any atom is -0.369 e. The Labute approximate surface area is 216 Å². The van der Waals surface area contributed by atoms with Crippen molar-refractivity contribution >= 4 is 39.0 Å². The quantitative estimate of drug-likeness (QED) is 0.414. The molecule has 3 aliphatic heterocycles. The molecule has 3 fully saturated rings. The van der Waals surface area contributed by atoms with Gasteiger partial charge in [0.05, 0.1) is 11.1 Å². The monoisotopic (exact) mass is 527 g/mol. The Balaban J connectivity index is 1.38. The molecule has 2 aromatic rings. The Kier molecular flexibility index (Phi) is 6.57. The highest BCUT2D eigenvalue weighted by atomic mass is 32.2. The molecule has 1 aromatic heterocycles. The summed E-state index contributed by atoms with van der Waals surface area (Å²) in [4.78, 5) is 35.4. The van der Waals surface area contributed by atoms with Gasteiger partial charge in [0.2, 0.25) is 5.91 Å². The molecule has 2 bridgehead atoms. The molecule has 37 heavy (non-hydrogen) atoms. The van der Waals surface area contributed by atoms with Gasteiger partial charge >= 0.3 is 0 Å². The van der Waals surface area contributed by atoms with Crippen LogP contribution in [0.25, 0.3) is 0 Å². The Morgan fingerprint density at radius 3 is 2.62 bits per heavy atom. The first-order valence-corrected chi connectivity index (χ1v) is 14.5. The largest absolute Gasteiger partial charge is 0.369 e. The second-order valence-corrected chi connectivity index (χ2v) is 12.6. The molecule has 11 nitrogen and oxygen atoms in total. The van der Waals surface area contributed by atoms with Crippen LogP contribution in [-0.2, 0) is 14.6 Å². The van der Waals surface area contributed by atoms with Gasteiger partial charge in [0.15, 0.2) is 21.3 Å². The highest BCUT2D eigenvalue weighted by molar-refractivity contribution is 7.90. The van der Waals surface area contributed by atoms with E-state index in [9.17, 15) is 18.0 Å². The first-order chi connectivity index (χ1) is 17.5. The molecule has 3 aliphatic rings. The van der Waals surface area contributed by atoms with Gasteiger partial charge in [0, 0.05) is 42.5 Å². The Hall–Kier alpha value is -3.25.